The van der Waals surface area contributed by atoms with E-state index in [1.54, 1.807) is 34.9 Å². The minimum atomic E-state index is -0.510. The zero-order chi connectivity index (χ0) is 21.1. The Morgan fingerprint density at radius 3 is 2.93 bits per heavy atom. The number of amides is 1. The summed E-state index contributed by atoms with van der Waals surface area (Å²) in [5.74, 6) is -0.933. The summed E-state index contributed by atoms with van der Waals surface area (Å²) >= 11 is 7.18. The maximum Gasteiger partial charge on any atom is 0.262 e. The lowest BCUT2D eigenvalue weighted by atomic mass is 10.2. The number of ether oxygens (including phenoxy) is 1. The molecule has 1 aliphatic heterocycles. The maximum atomic E-state index is 13.8. The SMILES string of the molecule is O=C(CSc1nc2cc(Cl)ccc2c(=O)n1CC1CCCO1)Nc1ccccc1F. The average Bonchev–Trinajstić information content (AvgIpc) is 3.23. The van der Waals surface area contributed by atoms with Gasteiger partial charge in [0.25, 0.3) is 5.56 Å². The average molecular weight is 448 g/mol. The van der Waals surface area contributed by atoms with E-state index in [2.05, 4.69) is 10.3 Å². The van der Waals surface area contributed by atoms with Crippen molar-refractivity contribution in [2.24, 2.45) is 0 Å². The van der Waals surface area contributed by atoms with Gasteiger partial charge in [0, 0.05) is 11.6 Å². The summed E-state index contributed by atoms with van der Waals surface area (Å²) in [6, 6.07) is 10.9. The first-order valence-electron chi connectivity index (χ1n) is 9.50. The molecule has 4 rings (SSSR count). The van der Waals surface area contributed by atoms with E-state index >= 15 is 0 Å². The lowest BCUT2D eigenvalue weighted by Gasteiger charge is -2.16. The van der Waals surface area contributed by atoms with Crippen molar-refractivity contribution in [1.29, 1.82) is 0 Å². The van der Waals surface area contributed by atoms with Crippen molar-refractivity contribution < 1.29 is 13.9 Å². The lowest BCUT2D eigenvalue weighted by molar-refractivity contribution is -0.113. The van der Waals surface area contributed by atoms with Crippen molar-refractivity contribution in [3.05, 3.63) is 63.7 Å². The molecule has 1 aliphatic rings. The Bertz CT molecular complexity index is 1150. The molecule has 0 radical (unpaired) electrons. The Labute approximate surface area is 181 Å². The summed E-state index contributed by atoms with van der Waals surface area (Å²) in [6.45, 7) is 1.03. The van der Waals surface area contributed by atoms with Gasteiger partial charge in [0.05, 0.1) is 35.0 Å². The summed E-state index contributed by atoms with van der Waals surface area (Å²) in [5.41, 5.74) is 0.371. The molecule has 1 aromatic heterocycles. The number of para-hydroxylation sites is 1. The Kier molecular flexibility index (Phi) is 6.36. The highest BCUT2D eigenvalue weighted by Crippen LogP contribution is 2.23. The first-order valence-corrected chi connectivity index (χ1v) is 10.9. The van der Waals surface area contributed by atoms with Crippen molar-refractivity contribution >= 4 is 45.9 Å². The van der Waals surface area contributed by atoms with Gasteiger partial charge in [-0.05, 0) is 43.2 Å². The third-order valence-electron chi connectivity index (χ3n) is 4.77. The molecule has 0 bridgehead atoms. The fraction of sp³-hybridized carbons (Fsp3) is 0.286. The predicted octanol–water partition coefficient (Wildman–Crippen LogP) is 4.10. The number of thioether (sulfide) groups is 1. The van der Waals surface area contributed by atoms with Crippen LogP contribution < -0.4 is 10.9 Å². The quantitative estimate of drug-likeness (QED) is 0.455. The van der Waals surface area contributed by atoms with E-state index in [-0.39, 0.29) is 23.1 Å². The van der Waals surface area contributed by atoms with E-state index < -0.39 is 11.7 Å². The van der Waals surface area contributed by atoms with Crippen molar-refractivity contribution in [3.63, 3.8) is 0 Å². The van der Waals surface area contributed by atoms with Crippen molar-refractivity contribution in [2.75, 3.05) is 17.7 Å². The fourth-order valence-corrected chi connectivity index (χ4v) is 4.29. The van der Waals surface area contributed by atoms with E-state index in [9.17, 15) is 14.0 Å². The van der Waals surface area contributed by atoms with Gasteiger partial charge in [0.2, 0.25) is 5.91 Å². The maximum absolute atomic E-state index is 13.8. The number of hydrogen-bond acceptors (Lipinski definition) is 5. The lowest BCUT2D eigenvalue weighted by Crippen LogP contribution is -2.29. The zero-order valence-corrected chi connectivity index (χ0v) is 17.5. The molecule has 1 N–H and O–H groups in total. The molecule has 6 nitrogen and oxygen atoms in total. The molecule has 3 aromatic rings. The number of rotatable bonds is 6. The molecule has 0 spiro atoms. The Morgan fingerprint density at radius 1 is 1.33 bits per heavy atom. The second-order valence-corrected chi connectivity index (χ2v) is 8.30. The topological polar surface area (TPSA) is 73.2 Å². The molecule has 156 valence electrons. The van der Waals surface area contributed by atoms with Crippen LogP contribution in [0.15, 0.2) is 52.4 Å². The number of carbonyl (C=O) groups is 1. The first kappa shape index (κ1) is 20.8. The van der Waals surface area contributed by atoms with Crippen LogP contribution in [0.1, 0.15) is 12.8 Å². The second kappa shape index (κ2) is 9.16. The largest absolute Gasteiger partial charge is 0.376 e. The number of halogens is 2. The van der Waals surface area contributed by atoms with Crippen molar-refractivity contribution in [3.8, 4) is 0 Å². The Hall–Kier alpha value is -2.42. The van der Waals surface area contributed by atoms with E-state index in [0.29, 0.717) is 34.2 Å². The predicted molar refractivity (Wildman–Crippen MR) is 116 cm³/mol. The number of hydrogen-bond donors (Lipinski definition) is 1. The molecule has 0 aliphatic carbocycles. The van der Waals surface area contributed by atoms with Gasteiger partial charge in [-0.2, -0.15) is 0 Å². The summed E-state index contributed by atoms with van der Waals surface area (Å²) in [7, 11) is 0. The number of fused-ring (bicyclic) bond motifs is 1. The molecule has 0 saturated carbocycles. The van der Waals surface area contributed by atoms with Crippen LogP contribution in [0, 0.1) is 5.82 Å². The molecular weight excluding hydrogens is 429 g/mol. The smallest absolute Gasteiger partial charge is 0.262 e. The van der Waals surface area contributed by atoms with E-state index in [1.165, 1.54) is 12.1 Å². The van der Waals surface area contributed by atoms with Crippen molar-refractivity contribution in [2.45, 2.75) is 30.6 Å². The van der Waals surface area contributed by atoms with Gasteiger partial charge in [-0.1, -0.05) is 35.5 Å². The van der Waals surface area contributed by atoms with E-state index in [1.807, 2.05) is 0 Å². The summed E-state index contributed by atoms with van der Waals surface area (Å²) in [5, 5.41) is 3.86. The number of anilines is 1. The minimum absolute atomic E-state index is 0.0294. The van der Waals surface area contributed by atoms with Crippen LogP contribution in [-0.2, 0) is 16.1 Å². The molecule has 2 heterocycles. The third kappa shape index (κ3) is 4.66. The van der Waals surface area contributed by atoms with Crippen LogP contribution in [-0.4, -0.2) is 33.9 Å². The summed E-state index contributed by atoms with van der Waals surface area (Å²) in [4.78, 5) is 30.0. The number of nitrogens with one attached hydrogen (secondary N) is 1. The summed E-state index contributed by atoms with van der Waals surface area (Å²) < 4.78 is 21.0. The van der Waals surface area contributed by atoms with Gasteiger partial charge in [-0.3, -0.25) is 14.2 Å². The van der Waals surface area contributed by atoms with E-state index in [4.69, 9.17) is 16.3 Å². The fourth-order valence-electron chi connectivity index (χ4n) is 3.32. The first-order chi connectivity index (χ1) is 14.5. The number of nitrogens with zero attached hydrogens (tertiary/aromatic N) is 2. The number of carbonyl (C=O) groups excluding carboxylic acids is 1. The third-order valence-corrected chi connectivity index (χ3v) is 5.98. The molecule has 1 fully saturated rings. The van der Waals surface area contributed by atoms with Gasteiger partial charge in [0.15, 0.2) is 5.16 Å². The number of aromatic nitrogens is 2. The molecule has 1 atom stereocenters. The normalized spacial score (nSPS) is 16.1. The number of benzene rings is 2. The van der Waals surface area contributed by atoms with Gasteiger partial charge >= 0.3 is 0 Å². The molecule has 1 amide bonds. The molecule has 30 heavy (non-hydrogen) atoms. The van der Waals surface area contributed by atoms with Crippen LogP contribution in [0.25, 0.3) is 10.9 Å². The molecule has 9 heteroatoms. The van der Waals surface area contributed by atoms with Crippen LogP contribution in [0.5, 0.6) is 0 Å². The standard InChI is InChI=1S/C21H19ClFN3O3S/c22-13-7-8-15-18(10-13)25-21(26(20(15)28)11-14-4-3-9-29-14)30-12-19(27)24-17-6-2-1-5-16(17)23/h1-2,5-8,10,14H,3-4,9,11-12H2,(H,24,27). The van der Waals surface area contributed by atoms with Crippen LogP contribution in [0.3, 0.4) is 0 Å². The molecular formula is C21H19ClFN3O3S. The van der Waals surface area contributed by atoms with Gasteiger partial charge in [-0.15, -0.1) is 0 Å². The minimum Gasteiger partial charge on any atom is -0.376 e. The summed E-state index contributed by atoms with van der Waals surface area (Å²) in [6.07, 6.45) is 1.74. The molecule has 1 unspecified atom stereocenters. The Balaban J connectivity index is 1.60. The van der Waals surface area contributed by atoms with Crippen molar-refractivity contribution in [1.82, 2.24) is 9.55 Å². The van der Waals surface area contributed by atoms with E-state index in [0.717, 1.165) is 24.6 Å². The highest BCUT2D eigenvalue weighted by molar-refractivity contribution is 7.99. The van der Waals surface area contributed by atoms with Gasteiger partial charge < -0.3 is 10.1 Å². The zero-order valence-electron chi connectivity index (χ0n) is 15.9. The van der Waals surface area contributed by atoms with Crippen LogP contribution in [0.2, 0.25) is 5.02 Å². The van der Waals surface area contributed by atoms with Crippen LogP contribution >= 0.6 is 23.4 Å². The highest BCUT2D eigenvalue weighted by Gasteiger charge is 2.21. The van der Waals surface area contributed by atoms with Gasteiger partial charge in [0.1, 0.15) is 5.82 Å². The van der Waals surface area contributed by atoms with Gasteiger partial charge in [-0.25, -0.2) is 9.37 Å². The Morgan fingerprint density at radius 2 is 2.17 bits per heavy atom. The second-order valence-electron chi connectivity index (χ2n) is 6.92. The molecule has 1 saturated heterocycles. The monoisotopic (exact) mass is 447 g/mol. The van der Waals surface area contributed by atoms with Crippen LogP contribution in [0.4, 0.5) is 10.1 Å². The highest BCUT2D eigenvalue weighted by atomic mass is 35.5. The molecule has 2 aromatic carbocycles.